The lowest BCUT2D eigenvalue weighted by Crippen LogP contribution is -2.17. The standard InChI is InChI=1S/C10H8F3NO2/c1-5-2-6(4-15)7(9(14)16)3-8(5)10(11,12)13/h2-4H,1H3,(H2,14,16). The van der Waals surface area contributed by atoms with Gasteiger partial charge in [-0.05, 0) is 24.6 Å². The van der Waals surface area contributed by atoms with Gasteiger partial charge in [0.2, 0.25) is 5.91 Å². The van der Waals surface area contributed by atoms with Crippen LogP contribution in [0.5, 0.6) is 0 Å². The minimum Gasteiger partial charge on any atom is -0.366 e. The topological polar surface area (TPSA) is 60.2 Å². The van der Waals surface area contributed by atoms with Crippen LogP contribution in [0.1, 0.15) is 31.8 Å². The maximum atomic E-state index is 12.5. The fourth-order valence-corrected chi connectivity index (χ4v) is 1.35. The number of aryl methyl sites for hydroxylation is 1. The Morgan fingerprint density at radius 2 is 1.94 bits per heavy atom. The van der Waals surface area contributed by atoms with Crippen LogP contribution in [-0.4, -0.2) is 12.2 Å². The molecule has 0 radical (unpaired) electrons. The van der Waals surface area contributed by atoms with Crippen molar-refractivity contribution in [3.8, 4) is 0 Å². The quantitative estimate of drug-likeness (QED) is 0.790. The van der Waals surface area contributed by atoms with Gasteiger partial charge in [0.15, 0.2) is 6.29 Å². The number of primary amides is 1. The molecule has 1 aromatic rings. The Hall–Kier alpha value is -1.85. The van der Waals surface area contributed by atoms with Crippen molar-refractivity contribution in [1.29, 1.82) is 0 Å². The lowest BCUT2D eigenvalue weighted by molar-refractivity contribution is -0.138. The lowest BCUT2D eigenvalue weighted by atomic mass is 9.99. The Morgan fingerprint density at radius 3 is 2.31 bits per heavy atom. The summed E-state index contributed by atoms with van der Waals surface area (Å²) < 4.78 is 37.5. The van der Waals surface area contributed by atoms with Crippen molar-refractivity contribution in [3.63, 3.8) is 0 Å². The lowest BCUT2D eigenvalue weighted by Gasteiger charge is -2.12. The fraction of sp³-hybridized carbons (Fsp3) is 0.200. The summed E-state index contributed by atoms with van der Waals surface area (Å²) >= 11 is 0. The molecule has 0 fully saturated rings. The van der Waals surface area contributed by atoms with E-state index in [-0.39, 0.29) is 11.1 Å². The Kier molecular flexibility index (Phi) is 3.02. The number of rotatable bonds is 2. The van der Waals surface area contributed by atoms with Crippen LogP contribution in [0.25, 0.3) is 0 Å². The highest BCUT2D eigenvalue weighted by Gasteiger charge is 2.33. The fourth-order valence-electron chi connectivity index (χ4n) is 1.35. The Labute approximate surface area is 89.1 Å². The molecule has 16 heavy (non-hydrogen) atoms. The molecule has 0 aliphatic heterocycles. The molecule has 0 saturated heterocycles. The molecule has 0 bridgehead atoms. The molecule has 0 spiro atoms. The second-order valence-electron chi connectivity index (χ2n) is 3.23. The summed E-state index contributed by atoms with van der Waals surface area (Å²) in [6.07, 6.45) is -4.27. The molecule has 1 aromatic carbocycles. The van der Waals surface area contributed by atoms with Crippen LogP contribution in [0.3, 0.4) is 0 Å². The molecule has 0 saturated carbocycles. The number of amides is 1. The van der Waals surface area contributed by atoms with E-state index >= 15 is 0 Å². The second kappa shape index (κ2) is 3.96. The van der Waals surface area contributed by atoms with E-state index in [1.54, 1.807) is 0 Å². The summed E-state index contributed by atoms with van der Waals surface area (Å²) in [6, 6.07) is 1.59. The summed E-state index contributed by atoms with van der Waals surface area (Å²) in [7, 11) is 0. The molecule has 0 atom stereocenters. The first-order valence-electron chi connectivity index (χ1n) is 4.24. The van der Waals surface area contributed by atoms with E-state index in [0.29, 0.717) is 12.4 Å². The average molecular weight is 231 g/mol. The number of benzene rings is 1. The number of hydrogen-bond acceptors (Lipinski definition) is 2. The van der Waals surface area contributed by atoms with Gasteiger partial charge in [0.25, 0.3) is 0 Å². The van der Waals surface area contributed by atoms with Crippen molar-refractivity contribution in [1.82, 2.24) is 0 Å². The van der Waals surface area contributed by atoms with Crippen LogP contribution in [0.4, 0.5) is 13.2 Å². The Bertz CT molecular complexity index is 452. The number of halogens is 3. The highest BCUT2D eigenvalue weighted by Crippen LogP contribution is 2.33. The maximum Gasteiger partial charge on any atom is 0.416 e. The van der Waals surface area contributed by atoms with Gasteiger partial charge in [0, 0.05) is 5.56 Å². The van der Waals surface area contributed by atoms with E-state index in [9.17, 15) is 22.8 Å². The average Bonchev–Trinajstić information content (AvgIpc) is 2.14. The predicted octanol–water partition coefficient (Wildman–Crippen LogP) is 1.93. The van der Waals surface area contributed by atoms with Gasteiger partial charge in [-0.25, -0.2) is 0 Å². The van der Waals surface area contributed by atoms with Crippen molar-refractivity contribution in [3.05, 3.63) is 34.4 Å². The molecule has 3 nitrogen and oxygen atoms in total. The zero-order chi connectivity index (χ0) is 12.5. The summed E-state index contributed by atoms with van der Waals surface area (Å²) in [4.78, 5) is 21.4. The van der Waals surface area contributed by atoms with Gasteiger partial charge in [0.05, 0.1) is 11.1 Å². The SMILES string of the molecule is Cc1cc(C=O)c(C(N)=O)cc1C(F)(F)F. The molecule has 0 aliphatic rings. The van der Waals surface area contributed by atoms with E-state index in [0.717, 1.165) is 6.07 Å². The third-order valence-corrected chi connectivity index (χ3v) is 2.09. The van der Waals surface area contributed by atoms with E-state index < -0.39 is 23.2 Å². The Morgan fingerprint density at radius 1 is 1.38 bits per heavy atom. The van der Waals surface area contributed by atoms with Crippen LogP contribution in [-0.2, 0) is 6.18 Å². The molecular formula is C10H8F3NO2. The summed E-state index contributed by atoms with van der Waals surface area (Å²) in [5.74, 6) is -1.06. The third-order valence-electron chi connectivity index (χ3n) is 2.09. The van der Waals surface area contributed by atoms with Crippen molar-refractivity contribution in [2.75, 3.05) is 0 Å². The van der Waals surface area contributed by atoms with Crippen LogP contribution in [0.15, 0.2) is 12.1 Å². The molecule has 86 valence electrons. The number of alkyl halides is 3. The summed E-state index contributed by atoms with van der Waals surface area (Å²) in [5.41, 5.74) is 3.23. The van der Waals surface area contributed by atoms with Gasteiger partial charge in [-0.2, -0.15) is 13.2 Å². The zero-order valence-electron chi connectivity index (χ0n) is 8.26. The molecule has 0 heterocycles. The molecule has 0 aliphatic carbocycles. The smallest absolute Gasteiger partial charge is 0.366 e. The van der Waals surface area contributed by atoms with Crippen molar-refractivity contribution >= 4 is 12.2 Å². The zero-order valence-corrected chi connectivity index (χ0v) is 8.26. The molecule has 6 heteroatoms. The first-order chi connectivity index (χ1) is 7.27. The summed E-state index contributed by atoms with van der Waals surface area (Å²) in [5, 5.41) is 0. The van der Waals surface area contributed by atoms with Crippen LogP contribution >= 0.6 is 0 Å². The summed E-state index contributed by atoms with van der Waals surface area (Å²) in [6.45, 7) is 1.21. The van der Waals surface area contributed by atoms with Crippen molar-refractivity contribution in [2.45, 2.75) is 13.1 Å². The van der Waals surface area contributed by atoms with Gasteiger partial charge < -0.3 is 5.73 Å². The van der Waals surface area contributed by atoms with Crippen LogP contribution < -0.4 is 5.73 Å². The minimum atomic E-state index is -4.57. The first-order valence-corrected chi connectivity index (χ1v) is 4.24. The molecule has 2 N–H and O–H groups in total. The van der Waals surface area contributed by atoms with Crippen LogP contribution in [0, 0.1) is 6.92 Å². The van der Waals surface area contributed by atoms with Gasteiger partial charge in [0.1, 0.15) is 0 Å². The monoisotopic (exact) mass is 231 g/mol. The maximum absolute atomic E-state index is 12.5. The minimum absolute atomic E-state index is 0.125. The van der Waals surface area contributed by atoms with Gasteiger partial charge in [-0.3, -0.25) is 9.59 Å². The number of carbonyl (C=O) groups excluding carboxylic acids is 2. The number of aldehydes is 1. The normalized spacial score (nSPS) is 11.2. The molecule has 1 rings (SSSR count). The van der Waals surface area contributed by atoms with Gasteiger partial charge in [-0.15, -0.1) is 0 Å². The molecule has 0 unspecified atom stereocenters. The molecule has 1 amide bonds. The number of carbonyl (C=O) groups is 2. The van der Waals surface area contributed by atoms with Crippen LogP contribution in [0.2, 0.25) is 0 Å². The number of nitrogens with two attached hydrogens (primary N) is 1. The van der Waals surface area contributed by atoms with E-state index in [2.05, 4.69) is 0 Å². The Balaban J connectivity index is 3.51. The predicted molar refractivity (Wildman–Crippen MR) is 50.1 cm³/mol. The van der Waals surface area contributed by atoms with Crippen molar-refractivity contribution in [2.24, 2.45) is 5.73 Å². The highest BCUT2D eigenvalue weighted by atomic mass is 19.4. The van der Waals surface area contributed by atoms with Crippen molar-refractivity contribution < 1.29 is 22.8 Å². The van der Waals surface area contributed by atoms with Gasteiger partial charge >= 0.3 is 6.18 Å². The van der Waals surface area contributed by atoms with E-state index in [1.165, 1.54) is 6.92 Å². The van der Waals surface area contributed by atoms with Gasteiger partial charge in [-0.1, -0.05) is 0 Å². The first kappa shape index (κ1) is 12.2. The third kappa shape index (κ3) is 2.21. The van der Waals surface area contributed by atoms with E-state index in [1.807, 2.05) is 0 Å². The molecule has 0 aromatic heterocycles. The van der Waals surface area contributed by atoms with E-state index in [4.69, 9.17) is 5.73 Å². The highest BCUT2D eigenvalue weighted by molar-refractivity contribution is 6.00. The largest absolute Gasteiger partial charge is 0.416 e. The molecular weight excluding hydrogens is 223 g/mol. The second-order valence-corrected chi connectivity index (χ2v) is 3.23. The number of hydrogen-bond donors (Lipinski definition) is 1.